The summed E-state index contributed by atoms with van der Waals surface area (Å²) in [6, 6.07) is 12.3. The minimum atomic E-state index is -0.452. The number of rotatable bonds is 10. The molecule has 3 aromatic rings. The van der Waals surface area contributed by atoms with Gasteiger partial charge in [0.1, 0.15) is 0 Å². The molecule has 0 spiro atoms. The van der Waals surface area contributed by atoms with Crippen molar-refractivity contribution in [1.82, 2.24) is 10.3 Å². The molecule has 1 aromatic heterocycles. The minimum Gasteiger partial charge on any atom is -0.493 e. The number of methoxy groups -OCH3 is 2. The minimum absolute atomic E-state index is 0. The molecule has 2 amide bonds. The standard InChI is InChI=1S/C24H30N4O4.H2S/c1-4-19(25)24(30)26-11-5-6-17-13-16-12-15(7-9-20(16)27-17)23(29)28-18-8-10-21(31-2)22(14-18)32-3;/h7-10,12-14,19,27H,4-6,11,25H2,1-3H3,(H,26,30)(H,28,29);1H2/t19-;/m0./s1. The lowest BCUT2D eigenvalue weighted by Gasteiger charge is -2.10. The number of fused-ring (bicyclic) bond motifs is 1. The average molecular weight is 473 g/mol. The Morgan fingerprint density at radius 3 is 2.52 bits per heavy atom. The summed E-state index contributed by atoms with van der Waals surface area (Å²) in [7, 11) is 3.11. The van der Waals surface area contributed by atoms with Crippen LogP contribution in [0.5, 0.6) is 11.5 Å². The fraction of sp³-hybridized carbons (Fsp3) is 0.333. The van der Waals surface area contributed by atoms with E-state index >= 15 is 0 Å². The van der Waals surface area contributed by atoms with Gasteiger partial charge in [-0.1, -0.05) is 6.92 Å². The van der Waals surface area contributed by atoms with Crippen LogP contribution in [-0.2, 0) is 11.2 Å². The molecule has 0 saturated carbocycles. The van der Waals surface area contributed by atoms with E-state index in [1.807, 2.05) is 25.1 Å². The molecule has 178 valence electrons. The van der Waals surface area contributed by atoms with Crippen LogP contribution >= 0.6 is 13.5 Å². The maximum absolute atomic E-state index is 12.7. The molecule has 0 unspecified atom stereocenters. The van der Waals surface area contributed by atoms with E-state index < -0.39 is 6.04 Å². The number of aromatic amines is 1. The maximum atomic E-state index is 12.7. The van der Waals surface area contributed by atoms with Crippen LogP contribution in [-0.4, -0.2) is 43.6 Å². The third kappa shape index (κ3) is 6.66. The number of carbonyl (C=O) groups is 2. The Balaban J connectivity index is 0.00000385. The van der Waals surface area contributed by atoms with Crippen molar-refractivity contribution in [3.8, 4) is 11.5 Å². The number of benzene rings is 2. The molecule has 0 aliphatic heterocycles. The molecule has 3 rings (SSSR count). The van der Waals surface area contributed by atoms with Crippen LogP contribution in [0.1, 0.15) is 35.8 Å². The summed E-state index contributed by atoms with van der Waals surface area (Å²) >= 11 is 0. The molecule has 5 N–H and O–H groups in total. The van der Waals surface area contributed by atoms with Crippen LogP contribution in [0.3, 0.4) is 0 Å². The van der Waals surface area contributed by atoms with Crippen molar-refractivity contribution in [2.75, 3.05) is 26.1 Å². The van der Waals surface area contributed by atoms with Gasteiger partial charge in [0.25, 0.3) is 5.91 Å². The first-order valence-corrected chi connectivity index (χ1v) is 10.6. The maximum Gasteiger partial charge on any atom is 0.255 e. The van der Waals surface area contributed by atoms with E-state index in [1.54, 1.807) is 38.5 Å². The molecule has 33 heavy (non-hydrogen) atoms. The van der Waals surface area contributed by atoms with Gasteiger partial charge < -0.3 is 30.8 Å². The highest BCUT2D eigenvalue weighted by molar-refractivity contribution is 7.59. The van der Waals surface area contributed by atoms with E-state index in [9.17, 15) is 9.59 Å². The third-order valence-electron chi connectivity index (χ3n) is 5.28. The summed E-state index contributed by atoms with van der Waals surface area (Å²) < 4.78 is 10.5. The van der Waals surface area contributed by atoms with Crippen LogP contribution in [0.15, 0.2) is 42.5 Å². The van der Waals surface area contributed by atoms with Gasteiger partial charge in [0.2, 0.25) is 5.91 Å². The number of anilines is 1. The second kappa shape index (κ2) is 12.2. The van der Waals surface area contributed by atoms with Crippen molar-refractivity contribution < 1.29 is 19.1 Å². The number of carbonyl (C=O) groups excluding carboxylic acids is 2. The van der Waals surface area contributed by atoms with Gasteiger partial charge in [0.15, 0.2) is 11.5 Å². The Morgan fingerprint density at radius 2 is 1.82 bits per heavy atom. The topological polar surface area (TPSA) is 118 Å². The Kier molecular flexibility index (Phi) is 9.62. The van der Waals surface area contributed by atoms with E-state index in [2.05, 4.69) is 15.6 Å². The fourth-order valence-corrected chi connectivity index (χ4v) is 3.39. The largest absolute Gasteiger partial charge is 0.493 e. The quantitative estimate of drug-likeness (QED) is 0.338. The van der Waals surface area contributed by atoms with Gasteiger partial charge in [0.05, 0.1) is 20.3 Å². The summed E-state index contributed by atoms with van der Waals surface area (Å²) in [5.41, 5.74) is 8.89. The first-order valence-electron chi connectivity index (χ1n) is 10.6. The Hall–Kier alpha value is -3.17. The number of nitrogens with two attached hydrogens (primary N) is 1. The molecule has 8 nitrogen and oxygen atoms in total. The zero-order valence-corrected chi connectivity index (χ0v) is 20.2. The van der Waals surface area contributed by atoms with Crippen molar-refractivity contribution in [2.24, 2.45) is 5.73 Å². The smallest absolute Gasteiger partial charge is 0.255 e. The van der Waals surface area contributed by atoms with E-state index in [4.69, 9.17) is 15.2 Å². The highest BCUT2D eigenvalue weighted by Crippen LogP contribution is 2.30. The average Bonchev–Trinajstić information content (AvgIpc) is 3.22. The molecule has 1 atom stereocenters. The molecule has 1 heterocycles. The first-order chi connectivity index (χ1) is 15.4. The number of hydrogen-bond acceptors (Lipinski definition) is 5. The second-order valence-corrected chi connectivity index (χ2v) is 7.53. The molecular formula is C24H32N4O4S. The monoisotopic (exact) mass is 472 g/mol. The van der Waals surface area contributed by atoms with Crippen molar-refractivity contribution in [1.29, 1.82) is 0 Å². The van der Waals surface area contributed by atoms with E-state index in [-0.39, 0.29) is 25.3 Å². The molecule has 2 aromatic carbocycles. The number of aryl methyl sites for hydroxylation is 1. The van der Waals surface area contributed by atoms with E-state index in [1.165, 1.54) is 0 Å². The molecule has 0 bridgehead atoms. The van der Waals surface area contributed by atoms with Gasteiger partial charge in [-0.3, -0.25) is 9.59 Å². The van der Waals surface area contributed by atoms with Gasteiger partial charge in [0, 0.05) is 40.5 Å². The second-order valence-electron chi connectivity index (χ2n) is 7.53. The van der Waals surface area contributed by atoms with Crippen molar-refractivity contribution in [3.63, 3.8) is 0 Å². The van der Waals surface area contributed by atoms with Gasteiger partial charge in [-0.25, -0.2) is 0 Å². The molecule has 9 heteroatoms. The number of hydrogen-bond donors (Lipinski definition) is 4. The molecule has 0 radical (unpaired) electrons. The zero-order valence-electron chi connectivity index (χ0n) is 19.2. The van der Waals surface area contributed by atoms with Gasteiger partial charge >= 0.3 is 0 Å². The lowest BCUT2D eigenvalue weighted by molar-refractivity contribution is -0.122. The first kappa shape index (κ1) is 26.1. The Bertz CT molecular complexity index is 1100. The molecule has 0 fully saturated rings. The fourth-order valence-electron chi connectivity index (χ4n) is 3.39. The Morgan fingerprint density at radius 1 is 1.06 bits per heavy atom. The number of ether oxygens (including phenoxy) is 2. The van der Waals surface area contributed by atoms with Gasteiger partial charge in [-0.2, -0.15) is 13.5 Å². The van der Waals surface area contributed by atoms with Crippen LogP contribution in [0, 0.1) is 0 Å². The zero-order chi connectivity index (χ0) is 23.1. The van der Waals surface area contributed by atoms with Crippen molar-refractivity contribution in [3.05, 3.63) is 53.7 Å². The summed E-state index contributed by atoms with van der Waals surface area (Å²) in [5, 5.41) is 6.69. The van der Waals surface area contributed by atoms with Gasteiger partial charge in [-0.15, -0.1) is 0 Å². The summed E-state index contributed by atoms with van der Waals surface area (Å²) in [6.07, 6.45) is 2.20. The third-order valence-corrected chi connectivity index (χ3v) is 5.28. The highest BCUT2D eigenvalue weighted by atomic mass is 32.1. The van der Waals surface area contributed by atoms with Crippen LogP contribution in [0.25, 0.3) is 10.9 Å². The molecule has 0 aliphatic rings. The lowest BCUT2D eigenvalue weighted by atomic mass is 10.1. The molecule has 0 saturated heterocycles. The van der Waals surface area contributed by atoms with Crippen molar-refractivity contribution in [2.45, 2.75) is 32.2 Å². The summed E-state index contributed by atoms with van der Waals surface area (Å²) in [4.78, 5) is 27.8. The lowest BCUT2D eigenvalue weighted by Crippen LogP contribution is -2.40. The summed E-state index contributed by atoms with van der Waals surface area (Å²) in [6.45, 7) is 2.46. The van der Waals surface area contributed by atoms with Crippen LogP contribution < -0.4 is 25.8 Å². The number of aromatic nitrogens is 1. The highest BCUT2D eigenvalue weighted by Gasteiger charge is 2.12. The van der Waals surface area contributed by atoms with Crippen LogP contribution in [0.4, 0.5) is 5.69 Å². The number of H-pyrrole nitrogens is 1. The molecule has 0 aliphatic carbocycles. The van der Waals surface area contributed by atoms with E-state index in [0.717, 1.165) is 29.4 Å². The Labute approximate surface area is 200 Å². The predicted octanol–water partition coefficient (Wildman–Crippen LogP) is 3.34. The SMILES string of the molecule is CC[C@H](N)C(=O)NCCCc1cc2cc(C(=O)Nc3ccc(OC)c(OC)c3)ccc2[nH]1.S. The number of amides is 2. The van der Waals surface area contributed by atoms with E-state index in [0.29, 0.717) is 35.7 Å². The van der Waals surface area contributed by atoms with Gasteiger partial charge in [-0.05, 0) is 55.7 Å². The summed E-state index contributed by atoms with van der Waals surface area (Å²) in [5.74, 6) is 0.814. The molecular weight excluding hydrogens is 440 g/mol. The van der Waals surface area contributed by atoms with Crippen molar-refractivity contribution >= 4 is 41.9 Å². The normalized spacial score (nSPS) is 11.4. The predicted molar refractivity (Wildman–Crippen MR) is 136 cm³/mol. The number of nitrogens with one attached hydrogen (secondary N) is 3. The van der Waals surface area contributed by atoms with Crippen LogP contribution in [0.2, 0.25) is 0 Å².